The summed E-state index contributed by atoms with van der Waals surface area (Å²) in [7, 11) is 1.66. The molecule has 2 heterocycles. The molecule has 1 fully saturated rings. The SMILES string of the molecule is COc1ccccc1CCNC(=O)[C@@H]1CCCN(c2ncccc2Cl)C1. The fraction of sp³-hybridized carbons (Fsp3) is 0.400. The number of para-hydroxylation sites is 1. The Morgan fingerprint density at radius 3 is 3.00 bits per heavy atom. The standard InChI is InChI=1S/C20H24ClN3O2/c1-26-18-9-3-2-6-15(18)10-12-23-20(25)16-7-5-13-24(14-16)19-17(21)8-4-11-22-19/h2-4,6,8-9,11,16H,5,7,10,12-14H2,1H3,(H,23,25)/t16-/m1/s1. The molecule has 6 heteroatoms. The molecule has 0 spiro atoms. The predicted octanol–water partition coefficient (Wildman–Crippen LogP) is 3.32. The number of pyridine rings is 1. The second-order valence-corrected chi connectivity index (χ2v) is 6.85. The average molecular weight is 374 g/mol. The van der Waals surface area contributed by atoms with Crippen LogP contribution in [0, 0.1) is 5.92 Å². The van der Waals surface area contributed by atoms with Crippen LogP contribution in [0.3, 0.4) is 0 Å². The number of anilines is 1. The van der Waals surface area contributed by atoms with Crippen molar-refractivity contribution in [3.63, 3.8) is 0 Å². The minimum Gasteiger partial charge on any atom is -0.496 e. The molecule has 0 unspecified atom stereocenters. The highest BCUT2D eigenvalue weighted by Gasteiger charge is 2.27. The van der Waals surface area contributed by atoms with Gasteiger partial charge in [-0.15, -0.1) is 0 Å². The summed E-state index contributed by atoms with van der Waals surface area (Å²) in [4.78, 5) is 19.1. The monoisotopic (exact) mass is 373 g/mol. The molecule has 1 aromatic heterocycles. The van der Waals surface area contributed by atoms with Crippen molar-refractivity contribution in [2.75, 3.05) is 31.6 Å². The first kappa shape index (κ1) is 18.5. The molecule has 1 aliphatic rings. The van der Waals surface area contributed by atoms with Crippen molar-refractivity contribution in [2.45, 2.75) is 19.3 Å². The number of carbonyl (C=O) groups excluding carboxylic acids is 1. The molecular weight excluding hydrogens is 350 g/mol. The van der Waals surface area contributed by atoms with Gasteiger partial charge in [-0.05, 0) is 43.0 Å². The van der Waals surface area contributed by atoms with Crippen LogP contribution in [0.2, 0.25) is 5.02 Å². The lowest BCUT2D eigenvalue weighted by Crippen LogP contribution is -2.43. The third kappa shape index (κ3) is 4.47. The smallest absolute Gasteiger partial charge is 0.224 e. The van der Waals surface area contributed by atoms with E-state index in [0.717, 1.165) is 42.9 Å². The van der Waals surface area contributed by atoms with Crippen LogP contribution in [0.25, 0.3) is 0 Å². The van der Waals surface area contributed by atoms with E-state index in [1.165, 1.54) is 0 Å². The van der Waals surface area contributed by atoms with Gasteiger partial charge in [-0.2, -0.15) is 0 Å². The Balaban J connectivity index is 1.54. The van der Waals surface area contributed by atoms with Gasteiger partial charge in [-0.1, -0.05) is 29.8 Å². The molecule has 3 rings (SSSR count). The van der Waals surface area contributed by atoms with E-state index in [2.05, 4.69) is 15.2 Å². The number of benzene rings is 1. The van der Waals surface area contributed by atoms with E-state index in [9.17, 15) is 4.79 Å². The van der Waals surface area contributed by atoms with Crippen LogP contribution >= 0.6 is 11.6 Å². The molecule has 1 aliphatic heterocycles. The summed E-state index contributed by atoms with van der Waals surface area (Å²) >= 11 is 6.25. The molecule has 1 N–H and O–H groups in total. The zero-order chi connectivity index (χ0) is 18.4. The van der Waals surface area contributed by atoms with E-state index in [0.29, 0.717) is 18.1 Å². The van der Waals surface area contributed by atoms with E-state index in [1.54, 1.807) is 13.3 Å². The first-order chi connectivity index (χ1) is 12.7. The Bertz CT molecular complexity index is 753. The van der Waals surface area contributed by atoms with Crippen molar-refractivity contribution in [3.05, 3.63) is 53.2 Å². The van der Waals surface area contributed by atoms with Crippen LogP contribution in [-0.2, 0) is 11.2 Å². The summed E-state index contributed by atoms with van der Waals surface area (Å²) in [6, 6.07) is 11.5. The van der Waals surface area contributed by atoms with Crippen molar-refractivity contribution in [3.8, 4) is 5.75 Å². The van der Waals surface area contributed by atoms with E-state index in [-0.39, 0.29) is 11.8 Å². The quantitative estimate of drug-likeness (QED) is 0.844. The molecule has 0 radical (unpaired) electrons. The average Bonchev–Trinajstić information content (AvgIpc) is 2.68. The highest BCUT2D eigenvalue weighted by atomic mass is 35.5. The maximum Gasteiger partial charge on any atom is 0.224 e. The summed E-state index contributed by atoms with van der Waals surface area (Å²) in [5.74, 6) is 1.67. The van der Waals surface area contributed by atoms with E-state index >= 15 is 0 Å². The number of methoxy groups -OCH3 is 1. The minimum atomic E-state index is -0.0421. The van der Waals surface area contributed by atoms with Crippen LogP contribution in [0.15, 0.2) is 42.6 Å². The molecule has 0 aliphatic carbocycles. The van der Waals surface area contributed by atoms with Crippen molar-refractivity contribution in [1.82, 2.24) is 10.3 Å². The van der Waals surface area contributed by atoms with Gasteiger partial charge in [0.2, 0.25) is 5.91 Å². The van der Waals surface area contributed by atoms with E-state index < -0.39 is 0 Å². The Morgan fingerprint density at radius 1 is 1.35 bits per heavy atom. The van der Waals surface area contributed by atoms with E-state index in [4.69, 9.17) is 16.3 Å². The number of amides is 1. The van der Waals surface area contributed by atoms with Gasteiger partial charge in [-0.3, -0.25) is 4.79 Å². The number of aromatic nitrogens is 1. The maximum absolute atomic E-state index is 12.6. The molecule has 5 nitrogen and oxygen atoms in total. The van der Waals surface area contributed by atoms with Crippen molar-refractivity contribution >= 4 is 23.3 Å². The van der Waals surface area contributed by atoms with Gasteiger partial charge in [0, 0.05) is 25.8 Å². The molecule has 0 saturated carbocycles. The Hall–Kier alpha value is -2.27. The third-order valence-electron chi connectivity index (χ3n) is 4.72. The van der Waals surface area contributed by atoms with Crippen LogP contribution in [0.1, 0.15) is 18.4 Å². The van der Waals surface area contributed by atoms with Crippen molar-refractivity contribution < 1.29 is 9.53 Å². The third-order valence-corrected chi connectivity index (χ3v) is 5.01. The molecule has 1 amide bonds. The fourth-order valence-electron chi connectivity index (χ4n) is 3.37. The number of hydrogen-bond donors (Lipinski definition) is 1. The van der Waals surface area contributed by atoms with Gasteiger partial charge in [0.05, 0.1) is 18.1 Å². The van der Waals surface area contributed by atoms with Crippen molar-refractivity contribution in [1.29, 1.82) is 0 Å². The van der Waals surface area contributed by atoms with Crippen molar-refractivity contribution in [2.24, 2.45) is 5.92 Å². The van der Waals surface area contributed by atoms with Gasteiger partial charge < -0.3 is 15.0 Å². The zero-order valence-electron chi connectivity index (χ0n) is 15.0. The normalized spacial score (nSPS) is 17.0. The van der Waals surface area contributed by atoms with Crippen LogP contribution < -0.4 is 15.0 Å². The number of rotatable bonds is 6. The Kier molecular flexibility index (Phi) is 6.34. The van der Waals surface area contributed by atoms with E-state index in [1.807, 2.05) is 36.4 Å². The molecular formula is C20H24ClN3O2. The number of ether oxygens (including phenoxy) is 1. The molecule has 1 aromatic carbocycles. The van der Waals surface area contributed by atoms with Gasteiger partial charge >= 0.3 is 0 Å². The highest BCUT2D eigenvalue weighted by molar-refractivity contribution is 6.32. The molecule has 26 heavy (non-hydrogen) atoms. The first-order valence-corrected chi connectivity index (χ1v) is 9.32. The Morgan fingerprint density at radius 2 is 2.19 bits per heavy atom. The van der Waals surface area contributed by atoms with Gasteiger partial charge in [0.15, 0.2) is 0 Å². The highest BCUT2D eigenvalue weighted by Crippen LogP contribution is 2.27. The molecule has 0 bridgehead atoms. The summed E-state index contributed by atoms with van der Waals surface area (Å²) in [5, 5.41) is 3.69. The fourth-order valence-corrected chi connectivity index (χ4v) is 3.61. The zero-order valence-corrected chi connectivity index (χ0v) is 15.7. The summed E-state index contributed by atoms with van der Waals surface area (Å²) in [5.41, 5.74) is 1.10. The van der Waals surface area contributed by atoms with Crippen LogP contribution in [0.5, 0.6) is 5.75 Å². The maximum atomic E-state index is 12.6. The number of nitrogens with zero attached hydrogens (tertiary/aromatic N) is 2. The molecule has 2 aromatic rings. The number of hydrogen-bond acceptors (Lipinski definition) is 4. The second-order valence-electron chi connectivity index (χ2n) is 6.45. The van der Waals surface area contributed by atoms with Crippen LogP contribution in [-0.4, -0.2) is 37.6 Å². The summed E-state index contributed by atoms with van der Waals surface area (Å²) in [6.07, 6.45) is 4.33. The Labute approximate surface area is 159 Å². The summed E-state index contributed by atoms with van der Waals surface area (Å²) < 4.78 is 5.35. The largest absolute Gasteiger partial charge is 0.496 e. The molecule has 1 saturated heterocycles. The van der Waals surface area contributed by atoms with Gasteiger partial charge in [0.25, 0.3) is 0 Å². The van der Waals surface area contributed by atoms with Gasteiger partial charge in [0.1, 0.15) is 11.6 Å². The molecule has 138 valence electrons. The topological polar surface area (TPSA) is 54.5 Å². The van der Waals surface area contributed by atoms with Gasteiger partial charge in [-0.25, -0.2) is 4.98 Å². The second kappa shape index (κ2) is 8.90. The lowest BCUT2D eigenvalue weighted by atomic mass is 9.97. The number of piperidine rings is 1. The minimum absolute atomic E-state index is 0.0421. The predicted molar refractivity (Wildman–Crippen MR) is 104 cm³/mol. The van der Waals surface area contributed by atoms with Crippen LogP contribution in [0.4, 0.5) is 5.82 Å². The summed E-state index contributed by atoms with van der Waals surface area (Å²) in [6.45, 7) is 2.12. The number of halogens is 1. The first-order valence-electron chi connectivity index (χ1n) is 8.94. The lowest BCUT2D eigenvalue weighted by Gasteiger charge is -2.33. The molecule has 1 atom stereocenters. The number of nitrogens with one attached hydrogen (secondary N) is 1. The number of carbonyl (C=O) groups is 1. The lowest BCUT2D eigenvalue weighted by molar-refractivity contribution is -0.125.